The van der Waals surface area contributed by atoms with Gasteiger partial charge >= 0.3 is 0 Å². The van der Waals surface area contributed by atoms with E-state index in [1.54, 1.807) is 30.6 Å². The van der Waals surface area contributed by atoms with Crippen LogP contribution in [0.15, 0.2) is 61.1 Å². The van der Waals surface area contributed by atoms with Crippen molar-refractivity contribution in [3.63, 3.8) is 0 Å². The van der Waals surface area contributed by atoms with Crippen LogP contribution < -0.4 is 5.32 Å². The Kier molecular flexibility index (Phi) is 4.19. The smallest absolute Gasteiger partial charge is 0.270 e. The highest BCUT2D eigenvalue weighted by molar-refractivity contribution is 5.92. The highest BCUT2D eigenvalue weighted by Crippen LogP contribution is 2.23. The number of imidazole rings is 1. The normalized spacial score (nSPS) is 11.9. The summed E-state index contributed by atoms with van der Waals surface area (Å²) >= 11 is 0. The summed E-state index contributed by atoms with van der Waals surface area (Å²) in [7, 11) is 1.92. The molecule has 23 heavy (non-hydrogen) atoms. The zero-order valence-electron chi connectivity index (χ0n) is 13.1. The Balaban J connectivity index is 1.98. The predicted octanol–water partition coefficient (Wildman–Crippen LogP) is 2.64. The van der Waals surface area contributed by atoms with E-state index in [0.717, 1.165) is 17.0 Å². The van der Waals surface area contributed by atoms with Gasteiger partial charge in [-0.2, -0.15) is 0 Å². The van der Waals surface area contributed by atoms with Gasteiger partial charge in [-0.25, -0.2) is 4.98 Å². The van der Waals surface area contributed by atoms with E-state index in [1.807, 2.05) is 49.0 Å². The third-order valence-corrected chi connectivity index (χ3v) is 3.79. The Morgan fingerprint density at radius 3 is 2.52 bits per heavy atom. The molecule has 0 bridgehead atoms. The number of benzene rings is 1. The minimum atomic E-state index is -0.328. The maximum Gasteiger partial charge on any atom is 0.270 e. The monoisotopic (exact) mass is 306 g/mol. The minimum absolute atomic E-state index is 0.221. The first-order valence-corrected chi connectivity index (χ1v) is 7.41. The lowest BCUT2D eigenvalue weighted by Gasteiger charge is -2.20. The third kappa shape index (κ3) is 3.13. The Morgan fingerprint density at radius 1 is 1.09 bits per heavy atom. The van der Waals surface area contributed by atoms with Crippen LogP contribution >= 0.6 is 0 Å². The van der Waals surface area contributed by atoms with Crippen molar-refractivity contribution in [2.45, 2.75) is 13.0 Å². The van der Waals surface area contributed by atoms with Gasteiger partial charge < -0.3 is 9.88 Å². The van der Waals surface area contributed by atoms with E-state index in [0.29, 0.717) is 5.69 Å². The van der Waals surface area contributed by atoms with Crippen LogP contribution in [0.1, 0.15) is 33.5 Å². The molecular formula is C18H18N4O. The summed E-state index contributed by atoms with van der Waals surface area (Å²) < 4.78 is 1.91. The van der Waals surface area contributed by atoms with Gasteiger partial charge in [0, 0.05) is 25.6 Å². The zero-order valence-corrected chi connectivity index (χ0v) is 13.1. The molecule has 116 valence electrons. The van der Waals surface area contributed by atoms with E-state index in [9.17, 15) is 4.79 Å². The van der Waals surface area contributed by atoms with Crippen molar-refractivity contribution in [2.75, 3.05) is 0 Å². The summed E-state index contributed by atoms with van der Waals surface area (Å²) in [6, 6.07) is 12.9. The molecule has 0 fully saturated rings. The van der Waals surface area contributed by atoms with Crippen LogP contribution in [0.25, 0.3) is 0 Å². The third-order valence-electron chi connectivity index (χ3n) is 3.79. The van der Waals surface area contributed by atoms with Crippen LogP contribution in [0.4, 0.5) is 0 Å². The topological polar surface area (TPSA) is 59.8 Å². The van der Waals surface area contributed by atoms with Crippen molar-refractivity contribution in [1.82, 2.24) is 19.9 Å². The lowest BCUT2D eigenvalue weighted by molar-refractivity contribution is 0.0936. The molecule has 5 nitrogen and oxygen atoms in total. The van der Waals surface area contributed by atoms with Crippen molar-refractivity contribution in [1.29, 1.82) is 0 Å². The number of hydrogen-bond donors (Lipinski definition) is 1. The molecule has 1 atom stereocenters. The number of hydrogen-bond acceptors (Lipinski definition) is 3. The number of aryl methyl sites for hydroxylation is 2. The molecule has 0 spiro atoms. The maximum absolute atomic E-state index is 12.5. The average molecular weight is 306 g/mol. The van der Waals surface area contributed by atoms with Crippen LogP contribution in [0, 0.1) is 6.92 Å². The SMILES string of the molecule is Cc1ccccc1C(NC(=O)c1ccccn1)c1nccn1C. The maximum atomic E-state index is 12.5. The number of nitrogens with zero attached hydrogens (tertiary/aromatic N) is 3. The fourth-order valence-electron chi connectivity index (χ4n) is 2.55. The molecule has 2 heterocycles. The Bertz CT molecular complexity index is 811. The number of pyridine rings is 1. The number of carbonyl (C=O) groups is 1. The minimum Gasteiger partial charge on any atom is -0.337 e. The van der Waals surface area contributed by atoms with Crippen LogP contribution in [0.3, 0.4) is 0 Å². The van der Waals surface area contributed by atoms with Crippen molar-refractivity contribution < 1.29 is 4.79 Å². The van der Waals surface area contributed by atoms with Crippen LogP contribution in [-0.2, 0) is 7.05 Å². The first-order valence-electron chi connectivity index (χ1n) is 7.41. The van der Waals surface area contributed by atoms with Gasteiger partial charge in [-0.3, -0.25) is 9.78 Å². The molecule has 1 N–H and O–H groups in total. The zero-order chi connectivity index (χ0) is 16.2. The number of nitrogens with one attached hydrogen (secondary N) is 1. The molecule has 1 unspecified atom stereocenters. The number of aromatic nitrogens is 3. The summed E-state index contributed by atoms with van der Waals surface area (Å²) in [5.41, 5.74) is 2.51. The first kappa shape index (κ1) is 15.0. The van der Waals surface area contributed by atoms with Crippen LogP contribution in [0.5, 0.6) is 0 Å². The molecule has 1 amide bonds. The van der Waals surface area contributed by atoms with Gasteiger partial charge in [0.25, 0.3) is 5.91 Å². The predicted molar refractivity (Wildman–Crippen MR) is 87.9 cm³/mol. The highest BCUT2D eigenvalue weighted by atomic mass is 16.1. The number of rotatable bonds is 4. The summed E-state index contributed by atoms with van der Waals surface area (Å²) in [5.74, 6) is 0.561. The van der Waals surface area contributed by atoms with Crippen molar-refractivity contribution in [3.05, 3.63) is 83.7 Å². The molecule has 0 radical (unpaired) electrons. The molecule has 2 aromatic heterocycles. The summed E-state index contributed by atoms with van der Waals surface area (Å²) in [4.78, 5) is 21.1. The van der Waals surface area contributed by atoms with E-state index in [1.165, 1.54) is 0 Å². The number of carbonyl (C=O) groups excluding carboxylic acids is 1. The lowest BCUT2D eigenvalue weighted by atomic mass is 10.0. The molecular weight excluding hydrogens is 288 g/mol. The van der Waals surface area contributed by atoms with Gasteiger partial charge in [0.15, 0.2) is 0 Å². The molecule has 1 aromatic carbocycles. The first-order chi connectivity index (χ1) is 11.2. The Morgan fingerprint density at radius 2 is 1.87 bits per heavy atom. The fourth-order valence-corrected chi connectivity index (χ4v) is 2.55. The Labute approximate surface area is 135 Å². The van der Waals surface area contributed by atoms with Crippen molar-refractivity contribution >= 4 is 5.91 Å². The molecule has 5 heteroatoms. The highest BCUT2D eigenvalue weighted by Gasteiger charge is 2.23. The van der Waals surface area contributed by atoms with Gasteiger partial charge in [-0.15, -0.1) is 0 Å². The fraction of sp³-hybridized carbons (Fsp3) is 0.167. The molecule has 3 aromatic rings. The standard InChI is InChI=1S/C18H18N4O/c1-13-7-3-4-8-14(13)16(17-20-11-12-22(17)2)21-18(23)15-9-5-6-10-19-15/h3-12,16H,1-2H3,(H,21,23). The summed E-state index contributed by atoms with van der Waals surface area (Å²) in [6.45, 7) is 2.03. The second kappa shape index (κ2) is 6.44. The second-order valence-electron chi connectivity index (χ2n) is 5.37. The molecule has 0 saturated heterocycles. The molecule has 0 saturated carbocycles. The summed E-state index contributed by atoms with van der Waals surface area (Å²) in [6.07, 6.45) is 5.21. The molecule has 0 aliphatic carbocycles. The van der Waals surface area contributed by atoms with Gasteiger partial charge in [0.1, 0.15) is 17.6 Å². The van der Waals surface area contributed by atoms with Crippen LogP contribution in [-0.4, -0.2) is 20.4 Å². The van der Waals surface area contributed by atoms with Gasteiger partial charge in [0.05, 0.1) is 0 Å². The quantitative estimate of drug-likeness (QED) is 0.806. The van der Waals surface area contributed by atoms with Crippen molar-refractivity contribution in [2.24, 2.45) is 7.05 Å². The molecule has 3 rings (SSSR count). The van der Waals surface area contributed by atoms with Crippen LogP contribution in [0.2, 0.25) is 0 Å². The van der Waals surface area contributed by atoms with E-state index in [2.05, 4.69) is 15.3 Å². The van der Waals surface area contributed by atoms with Gasteiger partial charge in [-0.1, -0.05) is 30.3 Å². The van der Waals surface area contributed by atoms with E-state index in [4.69, 9.17) is 0 Å². The number of amides is 1. The lowest BCUT2D eigenvalue weighted by Crippen LogP contribution is -2.32. The molecule has 0 aliphatic heterocycles. The van der Waals surface area contributed by atoms with E-state index in [-0.39, 0.29) is 11.9 Å². The molecule has 0 aliphatic rings. The Hall–Kier alpha value is -2.95. The largest absolute Gasteiger partial charge is 0.337 e. The van der Waals surface area contributed by atoms with E-state index >= 15 is 0 Å². The van der Waals surface area contributed by atoms with Gasteiger partial charge in [-0.05, 0) is 30.2 Å². The average Bonchev–Trinajstić information content (AvgIpc) is 3.00. The second-order valence-corrected chi connectivity index (χ2v) is 5.37. The van der Waals surface area contributed by atoms with E-state index < -0.39 is 0 Å². The summed E-state index contributed by atoms with van der Waals surface area (Å²) in [5, 5.41) is 3.05. The van der Waals surface area contributed by atoms with Crippen molar-refractivity contribution in [3.8, 4) is 0 Å². The van der Waals surface area contributed by atoms with Gasteiger partial charge in [0.2, 0.25) is 0 Å².